The Kier molecular flexibility index (Phi) is 1.29. The molecule has 3 heteroatoms. The summed E-state index contributed by atoms with van der Waals surface area (Å²) in [6.45, 7) is 1.19. The highest BCUT2D eigenvalue weighted by Crippen LogP contribution is 2.41. The summed E-state index contributed by atoms with van der Waals surface area (Å²) in [5, 5.41) is 3.51. The zero-order chi connectivity index (χ0) is 7.97. The summed E-state index contributed by atoms with van der Waals surface area (Å²) in [7, 11) is 0. The van der Waals surface area contributed by atoms with Gasteiger partial charge in [0.2, 0.25) is 0 Å². The topological polar surface area (TPSA) is 40.7 Å². The lowest BCUT2D eigenvalue weighted by atomic mass is 9.95. The minimum atomic E-state index is 0.700. The molecule has 1 saturated carbocycles. The van der Waals surface area contributed by atoms with E-state index in [4.69, 9.17) is 0 Å². The van der Waals surface area contributed by atoms with Gasteiger partial charge in [-0.05, 0) is 25.3 Å². The van der Waals surface area contributed by atoms with Crippen molar-refractivity contribution in [2.24, 2.45) is 5.92 Å². The quantitative estimate of drug-likeness (QED) is 0.645. The highest BCUT2D eigenvalue weighted by Gasteiger charge is 2.41. The van der Waals surface area contributed by atoms with Crippen LogP contribution in [0, 0.1) is 5.92 Å². The van der Waals surface area contributed by atoms with Gasteiger partial charge >= 0.3 is 0 Å². The Morgan fingerprint density at radius 3 is 3.00 bits per heavy atom. The van der Waals surface area contributed by atoms with Crippen molar-refractivity contribution in [1.82, 2.24) is 15.3 Å². The fourth-order valence-corrected chi connectivity index (χ4v) is 2.65. The molecule has 3 rings (SSSR count). The summed E-state index contributed by atoms with van der Waals surface area (Å²) in [5.74, 6) is 2.73. The van der Waals surface area contributed by atoms with Crippen molar-refractivity contribution >= 4 is 0 Å². The van der Waals surface area contributed by atoms with Crippen molar-refractivity contribution in [1.29, 1.82) is 0 Å². The highest BCUT2D eigenvalue weighted by molar-refractivity contribution is 5.09. The number of piperidine rings is 1. The summed E-state index contributed by atoms with van der Waals surface area (Å²) in [4.78, 5) is 7.56. The van der Waals surface area contributed by atoms with Crippen molar-refractivity contribution in [2.75, 3.05) is 6.54 Å². The van der Waals surface area contributed by atoms with E-state index < -0.39 is 0 Å². The largest absolute Gasteiger partial charge is 0.348 e. The van der Waals surface area contributed by atoms with Crippen molar-refractivity contribution in [3.63, 3.8) is 0 Å². The van der Waals surface area contributed by atoms with Gasteiger partial charge in [0, 0.05) is 24.4 Å². The molecular formula is C9H13N3. The Hall–Kier alpha value is -0.830. The number of H-pyrrole nitrogens is 1. The van der Waals surface area contributed by atoms with Crippen LogP contribution in [0.2, 0.25) is 0 Å². The second kappa shape index (κ2) is 2.33. The summed E-state index contributed by atoms with van der Waals surface area (Å²) in [6.07, 6.45) is 6.41. The maximum atomic E-state index is 4.33. The number of hydrogen-bond acceptors (Lipinski definition) is 2. The predicted molar refractivity (Wildman–Crippen MR) is 45.8 cm³/mol. The lowest BCUT2D eigenvalue weighted by Crippen LogP contribution is -2.28. The van der Waals surface area contributed by atoms with E-state index in [1.807, 2.05) is 12.4 Å². The van der Waals surface area contributed by atoms with Gasteiger partial charge in [-0.25, -0.2) is 4.98 Å². The molecule has 1 aromatic rings. The Morgan fingerprint density at radius 2 is 2.42 bits per heavy atom. The number of imidazole rings is 1. The molecule has 1 saturated heterocycles. The fourth-order valence-electron chi connectivity index (χ4n) is 2.65. The van der Waals surface area contributed by atoms with Crippen LogP contribution in [-0.2, 0) is 0 Å². The summed E-state index contributed by atoms with van der Waals surface area (Å²) >= 11 is 0. The second-order valence-electron chi connectivity index (χ2n) is 3.92. The minimum Gasteiger partial charge on any atom is -0.348 e. The van der Waals surface area contributed by atoms with Gasteiger partial charge in [-0.2, -0.15) is 0 Å². The molecule has 2 bridgehead atoms. The smallest absolute Gasteiger partial charge is 0.109 e. The molecule has 2 fully saturated rings. The van der Waals surface area contributed by atoms with Crippen LogP contribution in [0.5, 0.6) is 0 Å². The van der Waals surface area contributed by atoms with Crippen LogP contribution in [0.1, 0.15) is 24.6 Å². The molecule has 0 aromatic carbocycles. The van der Waals surface area contributed by atoms with E-state index in [9.17, 15) is 0 Å². The molecule has 1 aliphatic carbocycles. The Balaban J connectivity index is 1.87. The number of aromatic nitrogens is 2. The SMILES string of the molecule is c1c[nH]c(C2CC3CC2CN3)n1. The lowest BCUT2D eigenvalue weighted by molar-refractivity contribution is 0.427. The number of rotatable bonds is 1. The normalized spacial score (nSPS) is 39.2. The van der Waals surface area contributed by atoms with E-state index in [1.54, 1.807) is 0 Å². The third-order valence-corrected chi connectivity index (χ3v) is 3.23. The van der Waals surface area contributed by atoms with Gasteiger partial charge in [0.15, 0.2) is 0 Å². The molecule has 3 unspecified atom stereocenters. The Morgan fingerprint density at radius 1 is 1.42 bits per heavy atom. The van der Waals surface area contributed by atoms with Gasteiger partial charge in [-0.3, -0.25) is 0 Å². The van der Waals surface area contributed by atoms with Crippen LogP contribution in [-0.4, -0.2) is 22.6 Å². The highest BCUT2D eigenvalue weighted by atomic mass is 15.0. The van der Waals surface area contributed by atoms with Gasteiger partial charge in [0.1, 0.15) is 5.82 Å². The van der Waals surface area contributed by atoms with Gasteiger partial charge in [-0.1, -0.05) is 0 Å². The van der Waals surface area contributed by atoms with E-state index in [-0.39, 0.29) is 0 Å². The zero-order valence-corrected chi connectivity index (χ0v) is 6.96. The summed E-state index contributed by atoms with van der Waals surface area (Å²) in [6, 6.07) is 0.769. The molecule has 64 valence electrons. The van der Waals surface area contributed by atoms with Crippen molar-refractivity contribution in [2.45, 2.75) is 24.8 Å². The van der Waals surface area contributed by atoms with Gasteiger partial charge in [0.05, 0.1) is 0 Å². The molecule has 3 nitrogen and oxygen atoms in total. The number of nitrogens with one attached hydrogen (secondary N) is 2. The Bertz CT molecular complexity index is 267. The monoisotopic (exact) mass is 163 g/mol. The molecule has 12 heavy (non-hydrogen) atoms. The number of hydrogen-bond donors (Lipinski definition) is 2. The van der Waals surface area contributed by atoms with Crippen LogP contribution >= 0.6 is 0 Å². The molecule has 0 amide bonds. The van der Waals surface area contributed by atoms with Crippen LogP contribution in [0.25, 0.3) is 0 Å². The average molecular weight is 163 g/mol. The molecule has 2 aliphatic rings. The first-order chi connectivity index (χ1) is 5.93. The van der Waals surface area contributed by atoms with Gasteiger partial charge in [0.25, 0.3) is 0 Å². The molecule has 1 aliphatic heterocycles. The summed E-state index contributed by atoms with van der Waals surface area (Å²) in [5.41, 5.74) is 0. The predicted octanol–water partition coefficient (Wildman–Crippen LogP) is 0.875. The maximum Gasteiger partial charge on any atom is 0.109 e. The molecule has 0 spiro atoms. The van der Waals surface area contributed by atoms with Crippen molar-refractivity contribution < 1.29 is 0 Å². The first kappa shape index (κ1) is 6.66. The number of nitrogens with zero attached hydrogens (tertiary/aromatic N) is 1. The molecule has 0 radical (unpaired) electrons. The number of fused-ring (bicyclic) bond motifs is 2. The van der Waals surface area contributed by atoms with E-state index in [2.05, 4.69) is 15.3 Å². The van der Waals surface area contributed by atoms with E-state index in [0.29, 0.717) is 5.92 Å². The molecule has 3 atom stereocenters. The van der Waals surface area contributed by atoms with Crippen molar-refractivity contribution in [3.8, 4) is 0 Å². The van der Waals surface area contributed by atoms with Crippen molar-refractivity contribution in [3.05, 3.63) is 18.2 Å². The molecule has 1 aromatic heterocycles. The Labute approximate surface area is 71.6 Å². The van der Waals surface area contributed by atoms with Gasteiger partial charge in [-0.15, -0.1) is 0 Å². The van der Waals surface area contributed by atoms with Gasteiger partial charge < -0.3 is 10.3 Å². The maximum absolute atomic E-state index is 4.33. The van der Waals surface area contributed by atoms with E-state index >= 15 is 0 Å². The zero-order valence-electron chi connectivity index (χ0n) is 6.96. The first-order valence-corrected chi connectivity index (χ1v) is 4.66. The standard InChI is InChI=1S/C9H13N3/c1-2-11-9(10-1)8-4-7-3-6(8)5-12-7/h1-2,6-8,12H,3-5H2,(H,10,11). The second-order valence-corrected chi connectivity index (χ2v) is 3.92. The minimum absolute atomic E-state index is 0.700. The average Bonchev–Trinajstić information content (AvgIpc) is 2.81. The first-order valence-electron chi connectivity index (χ1n) is 4.66. The third kappa shape index (κ3) is 0.829. The van der Waals surface area contributed by atoms with E-state index in [0.717, 1.165) is 12.0 Å². The molecule has 2 heterocycles. The van der Waals surface area contributed by atoms with E-state index in [1.165, 1.54) is 25.2 Å². The molecular weight excluding hydrogens is 150 g/mol. The van der Waals surface area contributed by atoms with Crippen LogP contribution < -0.4 is 5.32 Å². The molecule has 2 N–H and O–H groups in total. The fraction of sp³-hybridized carbons (Fsp3) is 0.667. The van der Waals surface area contributed by atoms with Crippen LogP contribution in [0.4, 0.5) is 0 Å². The third-order valence-electron chi connectivity index (χ3n) is 3.23. The van der Waals surface area contributed by atoms with Crippen LogP contribution in [0.3, 0.4) is 0 Å². The summed E-state index contributed by atoms with van der Waals surface area (Å²) < 4.78 is 0. The lowest BCUT2D eigenvalue weighted by Gasteiger charge is -2.19. The number of aromatic amines is 1. The van der Waals surface area contributed by atoms with Crippen LogP contribution in [0.15, 0.2) is 12.4 Å².